The first kappa shape index (κ1) is 6.66. The summed E-state index contributed by atoms with van der Waals surface area (Å²) in [6, 6.07) is 0.538. The van der Waals surface area contributed by atoms with Gasteiger partial charge in [0.05, 0.1) is 0 Å². The van der Waals surface area contributed by atoms with Gasteiger partial charge in [-0.1, -0.05) is 13.3 Å². The number of rotatable bonds is 0. The fourth-order valence-electron chi connectivity index (χ4n) is 2.30. The van der Waals surface area contributed by atoms with E-state index in [9.17, 15) is 0 Å². The molecule has 2 aliphatic carbocycles. The van der Waals surface area contributed by atoms with Crippen LogP contribution >= 0.6 is 0 Å². The summed E-state index contributed by atoms with van der Waals surface area (Å²) < 4.78 is 0. The molecule has 2 saturated carbocycles. The molecule has 0 aromatic rings. The van der Waals surface area contributed by atoms with E-state index in [1.807, 2.05) is 0 Å². The summed E-state index contributed by atoms with van der Waals surface area (Å²) >= 11 is 0. The van der Waals surface area contributed by atoms with Gasteiger partial charge in [0.15, 0.2) is 0 Å². The van der Waals surface area contributed by atoms with E-state index in [2.05, 4.69) is 6.92 Å². The van der Waals surface area contributed by atoms with E-state index in [0.29, 0.717) is 11.5 Å². The van der Waals surface area contributed by atoms with E-state index < -0.39 is 0 Å². The third kappa shape index (κ3) is 0.878. The first-order valence-corrected chi connectivity index (χ1v) is 4.48. The molecule has 0 aromatic heterocycles. The first-order chi connectivity index (χ1) is 4.73. The molecule has 0 bridgehead atoms. The van der Waals surface area contributed by atoms with E-state index in [1.54, 1.807) is 0 Å². The molecule has 0 saturated heterocycles. The second-order valence-electron chi connectivity index (χ2n) is 4.35. The van der Waals surface area contributed by atoms with Crippen molar-refractivity contribution in [1.29, 1.82) is 0 Å². The van der Waals surface area contributed by atoms with Crippen LogP contribution in [0.1, 0.15) is 39.0 Å². The van der Waals surface area contributed by atoms with Gasteiger partial charge in [-0.15, -0.1) is 0 Å². The predicted molar refractivity (Wildman–Crippen MR) is 42.7 cm³/mol. The second kappa shape index (κ2) is 1.97. The van der Waals surface area contributed by atoms with Gasteiger partial charge in [-0.2, -0.15) is 0 Å². The lowest BCUT2D eigenvalue weighted by molar-refractivity contribution is 0.230. The third-order valence-electron chi connectivity index (χ3n) is 3.47. The minimum atomic E-state index is 0.538. The van der Waals surface area contributed by atoms with Gasteiger partial charge in [-0.05, 0) is 37.0 Å². The lowest BCUT2D eigenvalue weighted by atomic mass is 9.77. The van der Waals surface area contributed by atoms with Crippen LogP contribution in [0.2, 0.25) is 0 Å². The molecule has 2 unspecified atom stereocenters. The highest BCUT2D eigenvalue weighted by atomic mass is 14.8. The molecular weight excluding hydrogens is 122 g/mol. The molecule has 0 heterocycles. The van der Waals surface area contributed by atoms with Crippen LogP contribution in [0.4, 0.5) is 0 Å². The zero-order valence-electron chi connectivity index (χ0n) is 6.77. The predicted octanol–water partition coefficient (Wildman–Crippen LogP) is 1.91. The SMILES string of the molecule is CC1CCC2(CC2)C(N)C1. The maximum Gasteiger partial charge on any atom is 0.00981 e. The lowest BCUT2D eigenvalue weighted by Gasteiger charge is -2.32. The zero-order valence-corrected chi connectivity index (χ0v) is 6.77. The summed E-state index contributed by atoms with van der Waals surface area (Å²) in [5, 5.41) is 0. The average molecular weight is 139 g/mol. The van der Waals surface area contributed by atoms with Gasteiger partial charge in [0.25, 0.3) is 0 Å². The molecule has 0 amide bonds. The molecule has 2 fully saturated rings. The maximum atomic E-state index is 6.07. The normalized spacial score (nSPS) is 43.8. The zero-order chi connectivity index (χ0) is 7.19. The summed E-state index contributed by atoms with van der Waals surface area (Å²) in [7, 11) is 0. The minimum absolute atomic E-state index is 0.538. The van der Waals surface area contributed by atoms with Gasteiger partial charge in [0.1, 0.15) is 0 Å². The average Bonchev–Trinajstić information content (AvgIpc) is 2.62. The highest BCUT2D eigenvalue weighted by molar-refractivity contribution is 5.03. The van der Waals surface area contributed by atoms with Gasteiger partial charge in [-0.25, -0.2) is 0 Å². The van der Waals surface area contributed by atoms with Gasteiger partial charge in [0.2, 0.25) is 0 Å². The van der Waals surface area contributed by atoms with Crippen molar-refractivity contribution < 1.29 is 0 Å². The van der Waals surface area contributed by atoms with Crippen molar-refractivity contribution in [2.75, 3.05) is 0 Å². The molecule has 2 rings (SSSR count). The van der Waals surface area contributed by atoms with Crippen LogP contribution in [0.5, 0.6) is 0 Å². The fraction of sp³-hybridized carbons (Fsp3) is 1.00. The van der Waals surface area contributed by atoms with Crippen molar-refractivity contribution >= 4 is 0 Å². The number of nitrogens with two attached hydrogens (primary N) is 1. The molecule has 58 valence electrons. The first-order valence-electron chi connectivity index (χ1n) is 4.48. The largest absolute Gasteiger partial charge is 0.327 e. The van der Waals surface area contributed by atoms with Crippen LogP contribution in [0.3, 0.4) is 0 Å². The van der Waals surface area contributed by atoms with E-state index >= 15 is 0 Å². The molecule has 2 aliphatic rings. The van der Waals surface area contributed by atoms with Gasteiger partial charge in [0, 0.05) is 6.04 Å². The summed E-state index contributed by atoms with van der Waals surface area (Å²) in [6.07, 6.45) is 6.95. The second-order valence-corrected chi connectivity index (χ2v) is 4.35. The molecule has 1 nitrogen and oxygen atoms in total. The summed E-state index contributed by atoms with van der Waals surface area (Å²) in [5.74, 6) is 0.890. The maximum absolute atomic E-state index is 6.07. The van der Waals surface area contributed by atoms with Crippen molar-refractivity contribution in [2.45, 2.75) is 45.1 Å². The Hall–Kier alpha value is -0.0400. The van der Waals surface area contributed by atoms with Crippen LogP contribution in [-0.4, -0.2) is 6.04 Å². The fourth-order valence-corrected chi connectivity index (χ4v) is 2.30. The smallest absolute Gasteiger partial charge is 0.00981 e. The molecule has 2 N–H and O–H groups in total. The Bertz CT molecular complexity index is 138. The summed E-state index contributed by atoms with van der Waals surface area (Å²) in [5.41, 5.74) is 6.71. The van der Waals surface area contributed by atoms with Crippen LogP contribution in [-0.2, 0) is 0 Å². The van der Waals surface area contributed by atoms with E-state index in [1.165, 1.54) is 32.1 Å². The van der Waals surface area contributed by atoms with E-state index in [-0.39, 0.29) is 0 Å². The van der Waals surface area contributed by atoms with Gasteiger partial charge >= 0.3 is 0 Å². The third-order valence-corrected chi connectivity index (χ3v) is 3.47. The Morgan fingerprint density at radius 2 is 2.00 bits per heavy atom. The monoisotopic (exact) mass is 139 g/mol. The van der Waals surface area contributed by atoms with Gasteiger partial charge in [-0.3, -0.25) is 0 Å². The van der Waals surface area contributed by atoms with Crippen molar-refractivity contribution in [3.8, 4) is 0 Å². The Morgan fingerprint density at radius 1 is 1.30 bits per heavy atom. The minimum Gasteiger partial charge on any atom is -0.327 e. The molecule has 0 aromatic carbocycles. The van der Waals surface area contributed by atoms with Gasteiger partial charge < -0.3 is 5.73 Å². The Balaban J connectivity index is 2.01. The van der Waals surface area contributed by atoms with Crippen molar-refractivity contribution in [3.63, 3.8) is 0 Å². The Morgan fingerprint density at radius 3 is 2.50 bits per heavy atom. The molecular formula is C9H17N. The van der Waals surface area contributed by atoms with E-state index in [4.69, 9.17) is 5.73 Å². The van der Waals surface area contributed by atoms with Crippen LogP contribution in [0, 0.1) is 11.3 Å². The number of hydrogen-bond acceptors (Lipinski definition) is 1. The highest BCUT2D eigenvalue weighted by Crippen LogP contribution is 2.56. The van der Waals surface area contributed by atoms with Crippen LogP contribution in [0.25, 0.3) is 0 Å². The lowest BCUT2D eigenvalue weighted by Crippen LogP contribution is -2.37. The molecule has 10 heavy (non-hydrogen) atoms. The molecule has 2 atom stereocenters. The van der Waals surface area contributed by atoms with E-state index in [0.717, 1.165) is 5.92 Å². The molecule has 1 heteroatoms. The van der Waals surface area contributed by atoms with Crippen molar-refractivity contribution in [1.82, 2.24) is 0 Å². The topological polar surface area (TPSA) is 26.0 Å². The molecule has 0 radical (unpaired) electrons. The molecule has 0 aliphatic heterocycles. The van der Waals surface area contributed by atoms with Crippen LogP contribution in [0.15, 0.2) is 0 Å². The summed E-state index contributed by atoms with van der Waals surface area (Å²) in [6.45, 7) is 2.33. The van der Waals surface area contributed by atoms with Crippen molar-refractivity contribution in [3.05, 3.63) is 0 Å². The standard InChI is InChI=1S/C9H17N/c1-7-2-3-9(4-5-9)8(10)6-7/h7-8H,2-6,10H2,1H3. The molecule has 1 spiro atoms. The Kier molecular flexibility index (Phi) is 1.31. The quantitative estimate of drug-likeness (QED) is 0.545. The highest BCUT2D eigenvalue weighted by Gasteiger charge is 2.49. The van der Waals surface area contributed by atoms with Crippen molar-refractivity contribution in [2.24, 2.45) is 17.1 Å². The summed E-state index contributed by atoms with van der Waals surface area (Å²) in [4.78, 5) is 0. The Labute approximate surface area is 63.0 Å². The number of hydrogen-bond donors (Lipinski definition) is 1. The van der Waals surface area contributed by atoms with Crippen LogP contribution < -0.4 is 5.73 Å².